The van der Waals surface area contributed by atoms with Crippen LogP contribution in [0.15, 0.2) is 24.5 Å². The summed E-state index contributed by atoms with van der Waals surface area (Å²) in [6.07, 6.45) is 4.98. The Balaban J connectivity index is 1.64. The second kappa shape index (κ2) is 7.21. The largest absolute Gasteiger partial charge is 0.356 e. The van der Waals surface area contributed by atoms with Crippen LogP contribution in [-0.4, -0.2) is 55.1 Å². The molecule has 2 heterocycles. The fourth-order valence-corrected chi connectivity index (χ4v) is 2.32. The standard InChI is InChI=1S/C14H22N4O/c1-18-8-7-16-13(11-18)9-14(19)17-6-4-12-3-2-5-15-10-12/h2-3,5,10,13,16H,4,6-9,11H2,1H3,(H,17,19). The number of likely N-dealkylation sites (N-methyl/N-ethyl adjacent to an activating group) is 1. The summed E-state index contributed by atoms with van der Waals surface area (Å²) in [4.78, 5) is 18.1. The molecule has 19 heavy (non-hydrogen) atoms. The van der Waals surface area contributed by atoms with Crippen LogP contribution in [0, 0.1) is 0 Å². The van der Waals surface area contributed by atoms with Crippen LogP contribution in [0.1, 0.15) is 12.0 Å². The Labute approximate surface area is 114 Å². The lowest BCUT2D eigenvalue weighted by Crippen LogP contribution is -2.50. The second-order valence-corrected chi connectivity index (χ2v) is 5.08. The fraction of sp³-hybridized carbons (Fsp3) is 0.571. The number of rotatable bonds is 5. The number of pyridine rings is 1. The summed E-state index contributed by atoms with van der Waals surface area (Å²) >= 11 is 0. The highest BCUT2D eigenvalue weighted by Crippen LogP contribution is 2.01. The molecule has 5 heteroatoms. The van der Waals surface area contributed by atoms with Crippen LogP contribution >= 0.6 is 0 Å². The van der Waals surface area contributed by atoms with Crippen LogP contribution in [0.2, 0.25) is 0 Å². The maximum absolute atomic E-state index is 11.8. The van der Waals surface area contributed by atoms with Crippen molar-refractivity contribution in [2.24, 2.45) is 0 Å². The third-order valence-corrected chi connectivity index (χ3v) is 3.35. The van der Waals surface area contributed by atoms with Crippen molar-refractivity contribution in [1.29, 1.82) is 0 Å². The van der Waals surface area contributed by atoms with Crippen molar-refractivity contribution < 1.29 is 4.79 Å². The van der Waals surface area contributed by atoms with Crippen LogP contribution in [0.4, 0.5) is 0 Å². The van der Waals surface area contributed by atoms with Crippen LogP contribution in [0.5, 0.6) is 0 Å². The predicted octanol–water partition coefficient (Wildman–Crippen LogP) is 0.0340. The lowest BCUT2D eigenvalue weighted by Gasteiger charge is -2.30. The molecule has 1 aromatic rings. The van der Waals surface area contributed by atoms with E-state index in [-0.39, 0.29) is 11.9 Å². The van der Waals surface area contributed by atoms with Gasteiger partial charge in [0, 0.05) is 51.0 Å². The molecule has 1 aromatic heterocycles. The number of hydrogen-bond donors (Lipinski definition) is 2. The van der Waals surface area contributed by atoms with Crippen molar-refractivity contribution in [3.05, 3.63) is 30.1 Å². The summed E-state index contributed by atoms with van der Waals surface area (Å²) in [5.41, 5.74) is 1.15. The number of nitrogens with one attached hydrogen (secondary N) is 2. The van der Waals surface area contributed by atoms with Crippen molar-refractivity contribution >= 4 is 5.91 Å². The second-order valence-electron chi connectivity index (χ2n) is 5.08. The molecule has 104 valence electrons. The highest BCUT2D eigenvalue weighted by molar-refractivity contribution is 5.76. The molecule has 5 nitrogen and oxygen atoms in total. The molecular weight excluding hydrogens is 240 g/mol. The normalized spacial score (nSPS) is 20.2. The zero-order chi connectivity index (χ0) is 13.5. The number of hydrogen-bond acceptors (Lipinski definition) is 4. The average Bonchev–Trinajstić information content (AvgIpc) is 2.40. The molecule has 0 radical (unpaired) electrons. The summed E-state index contributed by atoms with van der Waals surface area (Å²) in [5.74, 6) is 0.122. The van der Waals surface area contributed by atoms with Gasteiger partial charge in [0.1, 0.15) is 0 Å². The number of piperazine rings is 1. The summed E-state index contributed by atoms with van der Waals surface area (Å²) in [7, 11) is 2.09. The van der Waals surface area contributed by atoms with E-state index in [1.807, 2.05) is 18.3 Å². The highest BCUT2D eigenvalue weighted by Gasteiger charge is 2.18. The Kier molecular flexibility index (Phi) is 5.30. The quantitative estimate of drug-likeness (QED) is 0.786. The molecule has 1 amide bonds. The van der Waals surface area contributed by atoms with E-state index in [4.69, 9.17) is 0 Å². The van der Waals surface area contributed by atoms with Crippen molar-refractivity contribution in [3.63, 3.8) is 0 Å². The highest BCUT2D eigenvalue weighted by atomic mass is 16.1. The molecule has 1 saturated heterocycles. The van der Waals surface area contributed by atoms with Gasteiger partial charge in [-0.15, -0.1) is 0 Å². The van der Waals surface area contributed by atoms with Crippen LogP contribution < -0.4 is 10.6 Å². The summed E-state index contributed by atoms with van der Waals surface area (Å²) in [5, 5.41) is 6.34. The number of amides is 1. The third kappa shape index (κ3) is 4.96. The predicted molar refractivity (Wildman–Crippen MR) is 74.9 cm³/mol. The minimum absolute atomic E-state index is 0.122. The van der Waals surface area contributed by atoms with E-state index in [2.05, 4.69) is 27.6 Å². The molecule has 0 aliphatic carbocycles. The van der Waals surface area contributed by atoms with E-state index >= 15 is 0 Å². The average molecular weight is 262 g/mol. The SMILES string of the molecule is CN1CCNC(CC(=O)NCCc2cccnc2)C1. The molecule has 1 fully saturated rings. The Bertz CT molecular complexity index is 396. The van der Waals surface area contributed by atoms with Gasteiger partial charge in [0.15, 0.2) is 0 Å². The first-order chi connectivity index (χ1) is 9.24. The van der Waals surface area contributed by atoms with Crippen molar-refractivity contribution in [3.8, 4) is 0 Å². The molecule has 2 rings (SSSR count). The number of aromatic nitrogens is 1. The number of nitrogens with zero attached hydrogens (tertiary/aromatic N) is 2. The van der Waals surface area contributed by atoms with E-state index in [0.29, 0.717) is 13.0 Å². The molecule has 1 unspecified atom stereocenters. The molecule has 0 aromatic carbocycles. The van der Waals surface area contributed by atoms with Gasteiger partial charge < -0.3 is 15.5 Å². The lowest BCUT2D eigenvalue weighted by atomic mass is 10.1. The van der Waals surface area contributed by atoms with E-state index in [1.165, 1.54) is 0 Å². The van der Waals surface area contributed by atoms with E-state index in [9.17, 15) is 4.79 Å². The maximum Gasteiger partial charge on any atom is 0.221 e. The fourth-order valence-electron chi connectivity index (χ4n) is 2.32. The van der Waals surface area contributed by atoms with E-state index in [0.717, 1.165) is 31.6 Å². The molecule has 1 atom stereocenters. The monoisotopic (exact) mass is 262 g/mol. The van der Waals surface area contributed by atoms with Gasteiger partial charge in [-0.2, -0.15) is 0 Å². The van der Waals surface area contributed by atoms with Crippen LogP contribution in [0.3, 0.4) is 0 Å². The molecule has 1 aliphatic heterocycles. The van der Waals surface area contributed by atoms with Gasteiger partial charge in [-0.25, -0.2) is 0 Å². The first-order valence-electron chi connectivity index (χ1n) is 6.81. The molecule has 2 N–H and O–H groups in total. The Morgan fingerprint density at radius 2 is 2.53 bits per heavy atom. The number of carbonyl (C=O) groups excluding carboxylic acids is 1. The molecule has 0 saturated carbocycles. The Morgan fingerprint density at radius 3 is 3.26 bits per heavy atom. The topological polar surface area (TPSA) is 57.3 Å². The summed E-state index contributed by atoms with van der Waals surface area (Å²) < 4.78 is 0. The van der Waals surface area contributed by atoms with Gasteiger partial charge in [-0.1, -0.05) is 6.07 Å². The van der Waals surface area contributed by atoms with Crippen LogP contribution in [0.25, 0.3) is 0 Å². The summed E-state index contributed by atoms with van der Waals surface area (Å²) in [6, 6.07) is 4.22. The Morgan fingerprint density at radius 1 is 1.63 bits per heavy atom. The zero-order valence-electron chi connectivity index (χ0n) is 11.4. The van der Waals surface area contributed by atoms with Crippen molar-refractivity contribution in [2.75, 3.05) is 33.2 Å². The third-order valence-electron chi connectivity index (χ3n) is 3.35. The minimum atomic E-state index is 0.122. The van der Waals surface area contributed by atoms with Gasteiger partial charge in [0.2, 0.25) is 5.91 Å². The van der Waals surface area contributed by atoms with Crippen molar-refractivity contribution in [1.82, 2.24) is 20.5 Å². The Hall–Kier alpha value is -1.46. The molecule has 0 bridgehead atoms. The minimum Gasteiger partial charge on any atom is -0.356 e. The number of carbonyl (C=O) groups is 1. The van der Waals surface area contributed by atoms with Gasteiger partial charge in [-0.05, 0) is 25.1 Å². The summed E-state index contributed by atoms with van der Waals surface area (Å²) in [6.45, 7) is 3.63. The maximum atomic E-state index is 11.8. The molecule has 1 aliphatic rings. The van der Waals surface area contributed by atoms with Gasteiger partial charge in [-0.3, -0.25) is 9.78 Å². The van der Waals surface area contributed by atoms with E-state index < -0.39 is 0 Å². The lowest BCUT2D eigenvalue weighted by molar-refractivity contribution is -0.121. The first kappa shape index (κ1) is 14.0. The van der Waals surface area contributed by atoms with Gasteiger partial charge in [0.05, 0.1) is 0 Å². The van der Waals surface area contributed by atoms with Crippen LogP contribution in [-0.2, 0) is 11.2 Å². The van der Waals surface area contributed by atoms with Gasteiger partial charge >= 0.3 is 0 Å². The van der Waals surface area contributed by atoms with Gasteiger partial charge in [0.25, 0.3) is 0 Å². The smallest absolute Gasteiger partial charge is 0.221 e. The first-order valence-corrected chi connectivity index (χ1v) is 6.81. The molecular formula is C14H22N4O. The molecule has 0 spiro atoms. The zero-order valence-corrected chi connectivity index (χ0v) is 11.4. The van der Waals surface area contributed by atoms with E-state index in [1.54, 1.807) is 6.20 Å². The van der Waals surface area contributed by atoms with Crippen molar-refractivity contribution in [2.45, 2.75) is 18.9 Å².